The molecule has 0 bridgehead atoms. The molecule has 0 aromatic heterocycles. The molecule has 0 saturated carbocycles. The average Bonchev–Trinajstić information content (AvgIpc) is 2.44. The third kappa shape index (κ3) is 5.36. The highest BCUT2D eigenvalue weighted by molar-refractivity contribution is 5.81. The molecule has 0 aliphatic carbocycles. The number of nitrogens with one attached hydrogen (secondary N) is 1. The van der Waals surface area contributed by atoms with Crippen LogP contribution in [0.25, 0.3) is 0 Å². The van der Waals surface area contributed by atoms with Gasteiger partial charge in [-0.15, -0.1) is 0 Å². The molecule has 0 radical (unpaired) electrons. The highest BCUT2D eigenvalue weighted by Gasteiger charge is 2.14. The van der Waals surface area contributed by atoms with Gasteiger partial charge >= 0.3 is 0 Å². The lowest BCUT2D eigenvalue weighted by atomic mass is 10.1. The number of nitrogens with two attached hydrogens (primary N) is 1. The molecule has 0 aliphatic heterocycles. The molecule has 1 aromatic rings. The molecule has 20 heavy (non-hydrogen) atoms. The fourth-order valence-electron chi connectivity index (χ4n) is 1.82. The summed E-state index contributed by atoms with van der Waals surface area (Å²) in [4.78, 5) is 21.8. The summed E-state index contributed by atoms with van der Waals surface area (Å²) in [6.45, 7) is 2.74. The third-order valence-corrected chi connectivity index (χ3v) is 3.02. The largest absolute Gasteiger partial charge is 0.355 e. The first-order valence-electron chi connectivity index (χ1n) is 6.81. The minimum absolute atomic E-state index is 0.0336. The van der Waals surface area contributed by atoms with Crippen molar-refractivity contribution in [1.29, 1.82) is 0 Å². The summed E-state index contributed by atoms with van der Waals surface area (Å²) in [5, 5.41) is 13.3. The highest BCUT2D eigenvalue weighted by Crippen LogP contribution is 2.12. The Morgan fingerprint density at radius 2 is 2.00 bits per heavy atom. The number of carbonyl (C=O) groups excluding carboxylic acids is 1. The second-order valence-electron chi connectivity index (χ2n) is 4.73. The Hall–Kier alpha value is -1.95. The van der Waals surface area contributed by atoms with Gasteiger partial charge in [0.25, 0.3) is 5.69 Å². The maximum Gasteiger partial charge on any atom is 0.269 e. The molecular formula is C14H21N3O3. The zero-order valence-electron chi connectivity index (χ0n) is 11.7. The lowest BCUT2D eigenvalue weighted by Gasteiger charge is -2.12. The van der Waals surface area contributed by atoms with E-state index in [1.807, 2.05) is 0 Å². The van der Waals surface area contributed by atoms with Crippen LogP contribution in [-0.4, -0.2) is 23.4 Å². The van der Waals surface area contributed by atoms with Crippen molar-refractivity contribution in [1.82, 2.24) is 5.32 Å². The SMILES string of the molecule is CCCCCNC(=O)C(N)Cc1ccc([N+](=O)[O-])cc1. The summed E-state index contributed by atoms with van der Waals surface area (Å²) in [7, 11) is 0. The summed E-state index contributed by atoms with van der Waals surface area (Å²) < 4.78 is 0. The first kappa shape index (κ1) is 16.1. The quantitative estimate of drug-likeness (QED) is 0.430. The molecule has 1 amide bonds. The molecule has 1 unspecified atom stereocenters. The summed E-state index contributed by atoms with van der Waals surface area (Å²) in [6, 6.07) is 5.46. The van der Waals surface area contributed by atoms with E-state index in [2.05, 4.69) is 12.2 Å². The molecule has 6 nitrogen and oxygen atoms in total. The number of non-ortho nitro benzene ring substituents is 1. The molecule has 0 aliphatic rings. The number of nitrogens with zero attached hydrogens (tertiary/aromatic N) is 1. The average molecular weight is 279 g/mol. The van der Waals surface area contributed by atoms with E-state index in [9.17, 15) is 14.9 Å². The number of nitro benzene ring substituents is 1. The summed E-state index contributed by atoms with van der Waals surface area (Å²) in [5.74, 6) is -0.181. The van der Waals surface area contributed by atoms with E-state index in [1.165, 1.54) is 12.1 Å². The van der Waals surface area contributed by atoms with E-state index in [-0.39, 0.29) is 11.6 Å². The molecule has 0 saturated heterocycles. The summed E-state index contributed by atoms with van der Waals surface area (Å²) in [6.07, 6.45) is 3.51. The number of benzene rings is 1. The van der Waals surface area contributed by atoms with Gasteiger partial charge in [0.2, 0.25) is 5.91 Å². The molecule has 1 aromatic carbocycles. The van der Waals surface area contributed by atoms with Crippen LogP contribution in [0, 0.1) is 10.1 Å². The summed E-state index contributed by atoms with van der Waals surface area (Å²) >= 11 is 0. The van der Waals surface area contributed by atoms with Crippen LogP contribution in [0.2, 0.25) is 0 Å². The smallest absolute Gasteiger partial charge is 0.269 e. The van der Waals surface area contributed by atoms with Crippen molar-refractivity contribution < 1.29 is 9.72 Å². The number of hydrogen-bond acceptors (Lipinski definition) is 4. The Morgan fingerprint density at radius 3 is 2.55 bits per heavy atom. The van der Waals surface area contributed by atoms with Gasteiger partial charge in [0, 0.05) is 18.7 Å². The predicted octanol–water partition coefficient (Wildman–Crippen LogP) is 1.77. The van der Waals surface area contributed by atoms with Crippen molar-refractivity contribution >= 4 is 11.6 Å². The molecule has 110 valence electrons. The Labute approximate surface area is 118 Å². The third-order valence-electron chi connectivity index (χ3n) is 3.02. The van der Waals surface area contributed by atoms with E-state index in [0.717, 1.165) is 24.8 Å². The Balaban J connectivity index is 2.42. The number of hydrogen-bond donors (Lipinski definition) is 2. The van der Waals surface area contributed by atoms with Crippen LogP contribution in [0.5, 0.6) is 0 Å². The van der Waals surface area contributed by atoms with E-state index in [0.29, 0.717) is 13.0 Å². The number of unbranched alkanes of at least 4 members (excludes halogenated alkanes) is 2. The van der Waals surface area contributed by atoms with Crippen LogP contribution in [0.3, 0.4) is 0 Å². The van der Waals surface area contributed by atoms with Crippen molar-refractivity contribution in [3.05, 3.63) is 39.9 Å². The fourth-order valence-corrected chi connectivity index (χ4v) is 1.82. The van der Waals surface area contributed by atoms with Crippen molar-refractivity contribution in [2.24, 2.45) is 5.73 Å². The molecule has 3 N–H and O–H groups in total. The van der Waals surface area contributed by atoms with Gasteiger partial charge in [0.15, 0.2) is 0 Å². The van der Waals surface area contributed by atoms with Crippen LogP contribution < -0.4 is 11.1 Å². The second kappa shape index (κ2) is 8.27. The van der Waals surface area contributed by atoms with Gasteiger partial charge in [-0.2, -0.15) is 0 Å². The molecule has 6 heteroatoms. The van der Waals surface area contributed by atoms with Crippen LogP contribution in [0.15, 0.2) is 24.3 Å². The van der Waals surface area contributed by atoms with Crippen molar-refractivity contribution in [3.63, 3.8) is 0 Å². The van der Waals surface area contributed by atoms with Gasteiger partial charge in [-0.3, -0.25) is 14.9 Å². The topological polar surface area (TPSA) is 98.3 Å². The number of rotatable bonds is 8. The van der Waals surface area contributed by atoms with E-state index in [4.69, 9.17) is 5.73 Å². The number of carbonyl (C=O) groups is 1. The first-order valence-corrected chi connectivity index (χ1v) is 6.81. The molecule has 0 heterocycles. The van der Waals surface area contributed by atoms with Gasteiger partial charge in [0.05, 0.1) is 11.0 Å². The molecule has 0 fully saturated rings. The molecule has 0 spiro atoms. The van der Waals surface area contributed by atoms with Crippen LogP contribution in [0.1, 0.15) is 31.7 Å². The predicted molar refractivity (Wildman–Crippen MR) is 77.3 cm³/mol. The zero-order chi connectivity index (χ0) is 15.0. The van der Waals surface area contributed by atoms with Gasteiger partial charge < -0.3 is 11.1 Å². The van der Waals surface area contributed by atoms with Gasteiger partial charge in [0.1, 0.15) is 0 Å². The molecular weight excluding hydrogens is 258 g/mol. The van der Waals surface area contributed by atoms with Crippen molar-refractivity contribution in [2.45, 2.75) is 38.6 Å². The lowest BCUT2D eigenvalue weighted by molar-refractivity contribution is -0.384. The van der Waals surface area contributed by atoms with Crippen LogP contribution >= 0.6 is 0 Å². The van der Waals surface area contributed by atoms with Crippen molar-refractivity contribution in [3.8, 4) is 0 Å². The van der Waals surface area contributed by atoms with E-state index >= 15 is 0 Å². The maximum atomic E-state index is 11.7. The zero-order valence-corrected chi connectivity index (χ0v) is 11.7. The summed E-state index contributed by atoms with van der Waals surface area (Å²) in [5.41, 5.74) is 6.66. The maximum absolute atomic E-state index is 11.7. The monoisotopic (exact) mass is 279 g/mol. The first-order chi connectivity index (χ1) is 9.54. The normalized spacial score (nSPS) is 11.9. The van der Waals surface area contributed by atoms with Crippen molar-refractivity contribution in [2.75, 3.05) is 6.54 Å². The lowest BCUT2D eigenvalue weighted by Crippen LogP contribution is -2.42. The number of nitro groups is 1. The van der Waals surface area contributed by atoms with E-state index in [1.54, 1.807) is 12.1 Å². The van der Waals surface area contributed by atoms with Gasteiger partial charge in [-0.25, -0.2) is 0 Å². The Bertz CT molecular complexity index is 445. The highest BCUT2D eigenvalue weighted by atomic mass is 16.6. The second-order valence-corrected chi connectivity index (χ2v) is 4.73. The standard InChI is InChI=1S/C14H21N3O3/c1-2-3-4-9-16-14(18)13(15)10-11-5-7-12(8-6-11)17(19)20/h5-8,13H,2-4,9-10,15H2,1H3,(H,16,18). The number of amides is 1. The molecule has 1 atom stereocenters. The van der Waals surface area contributed by atoms with Gasteiger partial charge in [-0.05, 0) is 18.4 Å². The Kier molecular flexibility index (Phi) is 6.66. The van der Waals surface area contributed by atoms with Crippen LogP contribution in [0.4, 0.5) is 5.69 Å². The minimum Gasteiger partial charge on any atom is -0.355 e. The fraction of sp³-hybridized carbons (Fsp3) is 0.500. The van der Waals surface area contributed by atoms with Gasteiger partial charge in [-0.1, -0.05) is 31.9 Å². The Morgan fingerprint density at radius 1 is 1.35 bits per heavy atom. The molecule has 1 rings (SSSR count). The minimum atomic E-state index is -0.627. The van der Waals surface area contributed by atoms with E-state index < -0.39 is 11.0 Å². The van der Waals surface area contributed by atoms with Crippen LogP contribution in [-0.2, 0) is 11.2 Å².